The summed E-state index contributed by atoms with van der Waals surface area (Å²) >= 11 is 0. The predicted octanol–water partition coefficient (Wildman–Crippen LogP) is 4.63. The van der Waals surface area contributed by atoms with Gasteiger partial charge in [0.15, 0.2) is 0 Å². The van der Waals surface area contributed by atoms with Crippen LogP contribution in [0.15, 0.2) is 60.8 Å². The summed E-state index contributed by atoms with van der Waals surface area (Å²) in [6.07, 6.45) is 3.73. The highest BCUT2D eigenvalue weighted by Gasteiger charge is 2.26. The van der Waals surface area contributed by atoms with Crippen LogP contribution in [0.25, 0.3) is 11.3 Å². The van der Waals surface area contributed by atoms with E-state index in [1.807, 2.05) is 36.5 Å². The Morgan fingerprint density at radius 2 is 2.04 bits per heavy atom. The number of nitrogens with one attached hydrogen (secondary N) is 2. The van der Waals surface area contributed by atoms with Crippen molar-refractivity contribution >= 4 is 11.7 Å². The molecule has 1 aliphatic rings. The van der Waals surface area contributed by atoms with Gasteiger partial charge in [0.25, 0.3) is 0 Å². The molecule has 0 unspecified atom stereocenters. The number of halogens is 1. The Bertz CT molecular complexity index is 925. The smallest absolute Gasteiger partial charge is 0.321 e. The van der Waals surface area contributed by atoms with Gasteiger partial charge in [-0.25, -0.2) is 14.2 Å². The fraction of sp³-hybridized carbons (Fsp3) is 0.238. The van der Waals surface area contributed by atoms with Gasteiger partial charge >= 0.3 is 6.03 Å². The first-order valence-electron chi connectivity index (χ1n) is 9.11. The van der Waals surface area contributed by atoms with Gasteiger partial charge in [0.2, 0.25) is 0 Å². The Labute approximate surface area is 157 Å². The van der Waals surface area contributed by atoms with Crippen LogP contribution in [0.5, 0.6) is 0 Å². The van der Waals surface area contributed by atoms with Gasteiger partial charge in [-0.1, -0.05) is 36.4 Å². The minimum Gasteiger partial charge on any atom is -0.342 e. The predicted molar refractivity (Wildman–Crippen MR) is 103 cm³/mol. The fourth-order valence-electron chi connectivity index (χ4n) is 3.46. The van der Waals surface area contributed by atoms with Gasteiger partial charge in [-0.2, -0.15) is 0 Å². The van der Waals surface area contributed by atoms with Crippen LogP contribution in [0.1, 0.15) is 24.6 Å². The molecule has 1 aromatic heterocycles. The van der Waals surface area contributed by atoms with Crippen molar-refractivity contribution in [2.24, 2.45) is 0 Å². The summed E-state index contributed by atoms with van der Waals surface area (Å²) in [5.41, 5.74) is 2.53. The van der Waals surface area contributed by atoms with Crippen molar-refractivity contribution in [1.82, 2.24) is 14.9 Å². The second-order valence-electron chi connectivity index (χ2n) is 6.77. The lowest BCUT2D eigenvalue weighted by molar-refractivity contribution is 0.191. The molecule has 2 amide bonds. The summed E-state index contributed by atoms with van der Waals surface area (Å²) in [6, 6.07) is 15.8. The number of aromatic nitrogens is 2. The number of amides is 2. The molecule has 1 fully saturated rings. The number of carbonyl (C=O) groups is 1. The summed E-state index contributed by atoms with van der Waals surface area (Å²) < 4.78 is 13.3. The van der Waals surface area contributed by atoms with Crippen molar-refractivity contribution in [3.63, 3.8) is 0 Å². The van der Waals surface area contributed by atoms with Gasteiger partial charge in [-0.05, 0) is 36.6 Å². The Morgan fingerprint density at radius 3 is 2.85 bits per heavy atom. The van der Waals surface area contributed by atoms with Gasteiger partial charge < -0.3 is 15.2 Å². The van der Waals surface area contributed by atoms with Crippen LogP contribution in [-0.2, 0) is 0 Å². The quantitative estimate of drug-likeness (QED) is 0.712. The Kier molecular flexibility index (Phi) is 4.87. The Balaban J connectivity index is 1.44. The SMILES string of the molecule is O=C(Nc1cccc(F)c1)N1CCC[C@@H](c2ncc(-c3ccccc3)[nH]2)C1. The standard InChI is InChI=1S/C21H21FN4O/c22-17-9-4-10-18(12-17)24-21(27)26-11-5-8-16(14-26)20-23-13-19(25-20)15-6-2-1-3-7-15/h1-4,6-7,9-10,12-13,16H,5,8,11,14H2,(H,23,25)(H,24,27)/t16-/m1/s1. The lowest BCUT2D eigenvalue weighted by Gasteiger charge is -2.31. The van der Waals surface area contributed by atoms with Crippen molar-refractivity contribution in [1.29, 1.82) is 0 Å². The summed E-state index contributed by atoms with van der Waals surface area (Å²) in [4.78, 5) is 22.3. The first-order valence-corrected chi connectivity index (χ1v) is 9.11. The number of benzene rings is 2. The molecule has 0 bridgehead atoms. The van der Waals surface area contributed by atoms with E-state index in [2.05, 4.69) is 15.3 Å². The Morgan fingerprint density at radius 1 is 1.19 bits per heavy atom. The second kappa shape index (κ2) is 7.61. The molecular formula is C21H21FN4O. The zero-order valence-corrected chi connectivity index (χ0v) is 14.9. The average Bonchev–Trinajstić information content (AvgIpc) is 3.19. The highest BCUT2D eigenvalue weighted by Crippen LogP contribution is 2.27. The van der Waals surface area contributed by atoms with E-state index in [-0.39, 0.29) is 17.8 Å². The number of aromatic amines is 1. The molecule has 27 heavy (non-hydrogen) atoms. The number of rotatable bonds is 3. The van der Waals surface area contributed by atoms with Gasteiger partial charge in [-0.3, -0.25) is 0 Å². The van der Waals surface area contributed by atoms with Gasteiger partial charge in [0.05, 0.1) is 11.9 Å². The van der Waals surface area contributed by atoms with E-state index < -0.39 is 0 Å². The third-order valence-electron chi connectivity index (χ3n) is 4.85. The molecule has 6 heteroatoms. The van der Waals surface area contributed by atoms with E-state index in [1.54, 1.807) is 17.0 Å². The maximum absolute atomic E-state index is 13.3. The third kappa shape index (κ3) is 4.00. The average molecular weight is 364 g/mol. The van der Waals surface area contributed by atoms with Crippen molar-refractivity contribution in [2.75, 3.05) is 18.4 Å². The molecule has 2 heterocycles. The van der Waals surface area contributed by atoms with Crippen molar-refractivity contribution in [3.8, 4) is 11.3 Å². The number of hydrogen-bond donors (Lipinski definition) is 2. The van der Waals surface area contributed by atoms with Crippen molar-refractivity contribution in [3.05, 3.63) is 72.4 Å². The number of imidazole rings is 1. The highest BCUT2D eigenvalue weighted by atomic mass is 19.1. The molecule has 0 radical (unpaired) electrons. The number of nitrogens with zero attached hydrogens (tertiary/aromatic N) is 2. The molecule has 0 aliphatic carbocycles. The maximum atomic E-state index is 13.3. The van der Waals surface area contributed by atoms with Gasteiger partial charge in [0.1, 0.15) is 11.6 Å². The second-order valence-corrected chi connectivity index (χ2v) is 6.77. The normalized spacial score (nSPS) is 16.9. The van der Waals surface area contributed by atoms with E-state index in [0.717, 1.165) is 29.9 Å². The number of carbonyl (C=O) groups excluding carboxylic acids is 1. The Hall–Kier alpha value is -3.15. The van der Waals surface area contributed by atoms with Gasteiger partial charge in [-0.15, -0.1) is 0 Å². The number of piperidine rings is 1. The minimum absolute atomic E-state index is 0.162. The number of likely N-dealkylation sites (tertiary alicyclic amines) is 1. The van der Waals surface area contributed by atoms with Crippen LogP contribution in [0.4, 0.5) is 14.9 Å². The first kappa shape index (κ1) is 17.3. The summed E-state index contributed by atoms with van der Waals surface area (Å²) in [5, 5.41) is 2.77. The zero-order valence-electron chi connectivity index (χ0n) is 14.9. The molecule has 1 aliphatic heterocycles. The number of urea groups is 1. The molecule has 2 N–H and O–H groups in total. The van der Waals surface area contributed by atoms with Crippen molar-refractivity contribution in [2.45, 2.75) is 18.8 Å². The molecule has 0 saturated carbocycles. The lowest BCUT2D eigenvalue weighted by atomic mass is 9.97. The molecule has 1 atom stereocenters. The zero-order chi connectivity index (χ0) is 18.6. The van der Waals surface area contributed by atoms with Crippen LogP contribution in [0.3, 0.4) is 0 Å². The topological polar surface area (TPSA) is 61.0 Å². The fourth-order valence-corrected chi connectivity index (χ4v) is 3.46. The van der Waals surface area contributed by atoms with Crippen LogP contribution >= 0.6 is 0 Å². The first-order chi connectivity index (χ1) is 13.2. The summed E-state index contributed by atoms with van der Waals surface area (Å²) in [5.74, 6) is 0.694. The van der Waals surface area contributed by atoms with E-state index in [0.29, 0.717) is 18.8 Å². The molecule has 0 spiro atoms. The molecule has 138 valence electrons. The summed E-state index contributed by atoms with van der Waals surface area (Å²) in [6.45, 7) is 1.27. The molecule has 1 saturated heterocycles. The molecule has 5 nitrogen and oxygen atoms in total. The number of H-pyrrole nitrogens is 1. The van der Waals surface area contributed by atoms with E-state index in [4.69, 9.17) is 0 Å². The molecule has 2 aromatic carbocycles. The molecule has 4 rings (SSSR count). The lowest BCUT2D eigenvalue weighted by Crippen LogP contribution is -2.41. The van der Waals surface area contributed by atoms with Crippen LogP contribution < -0.4 is 5.32 Å². The van der Waals surface area contributed by atoms with Crippen LogP contribution in [0, 0.1) is 5.82 Å². The third-order valence-corrected chi connectivity index (χ3v) is 4.85. The largest absolute Gasteiger partial charge is 0.342 e. The highest BCUT2D eigenvalue weighted by molar-refractivity contribution is 5.89. The van der Waals surface area contributed by atoms with Crippen LogP contribution in [-0.4, -0.2) is 34.0 Å². The van der Waals surface area contributed by atoms with Crippen LogP contribution in [0.2, 0.25) is 0 Å². The monoisotopic (exact) mass is 364 g/mol. The van der Waals surface area contributed by atoms with E-state index >= 15 is 0 Å². The van der Waals surface area contributed by atoms with Crippen molar-refractivity contribution < 1.29 is 9.18 Å². The van der Waals surface area contributed by atoms with E-state index in [1.165, 1.54) is 12.1 Å². The molecular weight excluding hydrogens is 343 g/mol. The maximum Gasteiger partial charge on any atom is 0.321 e. The minimum atomic E-state index is -0.367. The van der Waals surface area contributed by atoms with Gasteiger partial charge in [0, 0.05) is 24.7 Å². The number of anilines is 1. The molecule has 3 aromatic rings. The van der Waals surface area contributed by atoms with E-state index in [9.17, 15) is 9.18 Å². The summed E-state index contributed by atoms with van der Waals surface area (Å²) in [7, 11) is 0. The number of hydrogen-bond acceptors (Lipinski definition) is 2.